The quantitative estimate of drug-likeness (QED) is 0.478. The molecule has 0 spiro atoms. The van der Waals surface area contributed by atoms with Crippen LogP contribution in [-0.4, -0.2) is 29.6 Å². The van der Waals surface area contributed by atoms with E-state index in [9.17, 15) is 4.79 Å². The van der Waals surface area contributed by atoms with Gasteiger partial charge in [-0.25, -0.2) is 0 Å². The molecule has 3 rings (SSSR count). The molecule has 6 heteroatoms. The fourth-order valence-corrected chi connectivity index (χ4v) is 3.40. The summed E-state index contributed by atoms with van der Waals surface area (Å²) in [4.78, 5) is 15.3. The van der Waals surface area contributed by atoms with Crippen molar-refractivity contribution in [3.8, 4) is 5.75 Å². The molecule has 0 saturated carbocycles. The van der Waals surface area contributed by atoms with Crippen LogP contribution in [0.4, 0.5) is 0 Å². The third-order valence-corrected chi connectivity index (χ3v) is 4.69. The highest BCUT2D eigenvalue weighted by atomic mass is 35.5. The minimum Gasteiger partial charge on any atom is -0.483 e. The van der Waals surface area contributed by atoms with E-state index < -0.39 is 0 Å². The van der Waals surface area contributed by atoms with Crippen LogP contribution in [-0.2, 0) is 17.8 Å². The van der Waals surface area contributed by atoms with Crippen molar-refractivity contribution in [3.05, 3.63) is 64.8 Å². The Morgan fingerprint density at radius 3 is 2.72 bits per heavy atom. The fraction of sp³-hybridized carbons (Fsp3) is 0.348. The number of fused-ring (bicyclic) bond motifs is 1. The molecule has 154 valence electrons. The first-order chi connectivity index (χ1) is 13.8. The summed E-state index contributed by atoms with van der Waals surface area (Å²) in [6, 6.07) is 13.8. The van der Waals surface area contributed by atoms with Crippen molar-refractivity contribution in [2.75, 3.05) is 13.2 Å². The molecule has 0 aliphatic heterocycles. The van der Waals surface area contributed by atoms with Gasteiger partial charge in [-0.05, 0) is 63.6 Å². The van der Waals surface area contributed by atoms with Crippen molar-refractivity contribution in [3.63, 3.8) is 0 Å². The summed E-state index contributed by atoms with van der Waals surface area (Å²) < 4.78 is 5.74. The molecule has 0 radical (unpaired) electrons. The largest absolute Gasteiger partial charge is 0.483 e. The predicted octanol–water partition coefficient (Wildman–Crippen LogP) is 4.45. The first-order valence-electron chi connectivity index (χ1n) is 9.80. The first-order valence-corrected chi connectivity index (χ1v) is 10.2. The number of aromatic nitrogens is 1. The van der Waals surface area contributed by atoms with Gasteiger partial charge in [-0.15, -0.1) is 0 Å². The zero-order chi connectivity index (χ0) is 20.9. The molecule has 0 aliphatic rings. The van der Waals surface area contributed by atoms with Gasteiger partial charge in [0.2, 0.25) is 0 Å². The van der Waals surface area contributed by atoms with Gasteiger partial charge in [-0.1, -0.05) is 29.8 Å². The number of carbonyl (C=O) groups is 1. The van der Waals surface area contributed by atoms with Gasteiger partial charge in [0.15, 0.2) is 6.61 Å². The molecule has 0 unspecified atom stereocenters. The maximum absolute atomic E-state index is 12.0. The van der Waals surface area contributed by atoms with E-state index >= 15 is 0 Å². The Morgan fingerprint density at radius 1 is 1.14 bits per heavy atom. The van der Waals surface area contributed by atoms with Gasteiger partial charge in [-0.2, -0.15) is 0 Å². The summed E-state index contributed by atoms with van der Waals surface area (Å²) in [5, 5.41) is 8.24. The van der Waals surface area contributed by atoms with Gasteiger partial charge in [0, 0.05) is 39.8 Å². The highest BCUT2D eigenvalue weighted by molar-refractivity contribution is 6.30. The Morgan fingerprint density at radius 2 is 1.93 bits per heavy atom. The summed E-state index contributed by atoms with van der Waals surface area (Å²) in [6.45, 7) is 7.22. The third kappa shape index (κ3) is 6.24. The van der Waals surface area contributed by atoms with E-state index in [-0.39, 0.29) is 18.1 Å². The second-order valence-corrected chi connectivity index (χ2v) is 8.56. The minimum absolute atomic E-state index is 0.0265. The first kappa shape index (κ1) is 21.2. The SMILES string of the molecule is CC(C)(C)NC(=O)COc1ccc(Cl)cc1CNCCc1c[nH]c2ccccc12. The maximum Gasteiger partial charge on any atom is 0.258 e. The summed E-state index contributed by atoms with van der Waals surface area (Å²) >= 11 is 6.16. The summed E-state index contributed by atoms with van der Waals surface area (Å²) in [5.41, 5.74) is 3.09. The van der Waals surface area contributed by atoms with Gasteiger partial charge >= 0.3 is 0 Å². The molecule has 2 aromatic carbocycles. The number of carbonyl (C=O) groups excluding carboxylic acids is 1. The van der Waals surface area contributed by atoms with Gasteiger partial charge < -0.3 is 20.4 Å². The van der Waals surface area contributed by atoms with Gasteiger partial charge in [-0.3, -0.25) is 4.79 Å². The van der Waals surface area contributed by atoms with Crippen molar-refractivity contribution in [2.24, 2.45) is 0 Å². The van der Waals surface area contributed by atoms with Crippen LogP contribution in [0.5, 0.6) is 5.75 Å². The number of benzene rings is 2. The summed E-state index contributed by atoms with van der Waals surface area (Å²) in [7, 11) is 0. The molecule has 0 bridgehead atoms. The van der Waals surface area contributed by atoms with E-state index in [1.54, 1.807) is 6.07 Å². The molecule has 0 saturated heterocycles. The lowest BCUT2D eigenvalue weighted by Crippen LogP contribution is -2.43. The van der Waals surface area contributed by atoms with Gasteiger partial charge in [0.1, 0.15) is 5.75 Å². The van der Waals surface area contributed by atoms with Crippen molar-refractivity contribution in [2.45, 2.75) is 39.3 Å². The van der Waals surface area contributed by atoms with E-state index in [1.165, 1.54) is 10.9 Å². The van der Waals surface area contributed by atoms with Crippen LogP contribution < -0.4 is 15.4 Å². The van der Waals surface area contributed by atoms with Crippen LogP contribution in [0.25, 0.3) is 10.9 Å². The number of nitrogens with one attached hydrogen (secondary N) is 3. The number of H-pyrrole nitrogens is 1. The lowest BCUT2D eigenvalue weighted by molar-refractivity contribution is -0.124. The number of hydrogen-bond donors (Lipinski definition) is 3. The Bertz CT molecular complexity index is 976. The molecule has 1 heterocycles. The van der Waals surface area contributed by atoms with Crippen molar-refractivity contribution in [1.29, 1.82) is 0 Å². The maximum atomic E-state index is 12.0. The van der Waals surface area contributed by atoms with Crippen LogP contribution in [0.15, 0.2) is 48.7 Å². The molecule has 0 fully saturated rings. The van der Waals surface area contributed by atoms with Gasteiger partial charge in [0.05, 0.1) is 0 Å². The van der Waals surface area contributed by atoms with Crippen LogP contribution in [0.3, 0.4) is 0 Å². The molecule has 29 heavy (non-hydrogen) atoms. The molecular weight excluding hydrogens is 386 g/mol. The number of aromatic amines is 1. The number of amides is 1. The standard InChI is InChI=1S/C23H28ClN3O2/c1-23(2,3)27-22(28)15-29-21-9-8-18(24)12-17(21)13-25-11-10-16-14-26-20-7-5-4-6-19(16)20/h4-9,12,14,25-26H,10-11,13,15H2,1-3H3,(H,27,28). The normalized spacial score (nSPS) is 11.6. The van der Waals surface area contributed by atoms with Crippen molar-refractivity contribution < 1.29 is 9.53 Å². The number of para-hydroxylation sites is 1. The van der Waals surface area contributed by atoms with E-state index in [0.29, 0.717) is 17.3 Å². The number of halogens is 1. The molecule has 0 aliphatic carbocycles. The molecule has 1 amide bonds. The van der Waals surface area contributed by atoms with Crippen LogP contribution >= 0.6 is 11.6 Å². The molecule has 5 nitrogen and oxygen atoms in total. The third-order valence-electron chi connectivity index (χ3n) is 4.46. The highest BCUT2D eigenvalue weighted by Crippen LogP contribution is 2.23. The van der Waals surface area contributed by atoms with E-state index in [4.69, 9.17) is 16.3 Å². The van der Waals surface area contributed by atoms with Crippen LogP contribution in [0.2, 0.25) is 5.02 Å². The molecule has 1 aromatic heterocycles. The second kappa shape index (κ2) is 9.33. The fourth-order valence-electron chi connectivity index (χ4n) is 3.21. The second-order valence-electron chi connectivity index (χ2n) is 8.13. The van der Waals surface area contributed by atoms with E-state index in [1.807, 2.05) is 39.0 Å². The average Bonchev–Trinajstić information content (AvgIpc) is 3.06. The monoisotopic (exact) mass is 413 g/mol. The Kier molecular flexibility index (Phi) is 6.83. The lowest BCUT2D eigenvalue weighted by Gasteiger charge is -2.21. The number of rotatable bonds is 8. The lowest BCUT2D eigenvalue weighted by atomic mass is 10.1. The number of ether oxygens (including phenoxy) is 1. The van der Waals surface area contributed by atoms with Crippen molar-refractivity contribution in [1.82, 2.24) is 15.6 Å². The highest BCUT2D eigenvalue weighted by Gasteiger charge is 2.15. The molecule has 3 aromatic rings. The Hall–Kier alpha value is -2.50. The van der Waals surface area contributed by atoms with E-state index in [0.717, 1.165) is 24.0 Å². The zero-order valence-corrected chi connectivity index (χ0v) is 17.9. The summed E-state index contributed by atoms with van der Waals surface area (Å²) in [6.07, 6.45) is 2.98. The average molecular weight is 414 g/mol. The minimum atomic E-state index is -0.285. The molecule has 0 atom stereocenters. The number of hydrogen-bond acceptors (Lipinski definition) is 3. The van der Waals surface area contributed by atoms with E-state index in [2.05, 4.69) is 40.0 Å². The zero-order valence-electron chi connectivity index (χ0n) is 17.1. The van der Waals surface area contributed by atoms with Gasteiger partial charge in [0.25, 0.3) is 5.91 Å². The smallest absolute Gasteiger partial charge is 0.258 e. The van der Waals surface area contributed by atoms with Crippen molar-refractivity contribution >= 4 is 28.4 Å². The van der Waals surface area contributed by atoms with Crippen LogP contribution in [0, 0.1) is 0 Å². The Labute approximate surface area is 176 Å². The molecule has 3 N–H and O–H groups in total. The topological polar surface area (TPSA) is 66.2 Å². The predicted molar refractivity (Wildman–Crippen MR) is 119 cm³/mol. The molecular formula is C23H28ClN3O2. The summed E-state index contributed by atoms with van der Waals surface area (Å²) in [5.74, 6) is 0.517. The Balaban J connectivity index is 1.54. The van der Waals surface area contributed by atoms with Crippen LogP contribution in [0.1, 0.15) is 31.9 Å².